The van der Waals surface area contributed by atoms with Crippen molar-refractivity contribution in [3.8, 4) is 0 Å². The number of rotatable bonds is 2. The van der Waals surface area contributed by atoms with Crippen molar-refractivity contribution in [3.63, 3.8) is 0 Å². The van der Waals surface area contributed by atoms with Crippen molar-refractivity contribution < 1.29 is 0 Å². The Bertz CT molecular complexity index is 252. The molecular formula is C15H33N3. The molecule has 1 rings (SSSR count). The molecule has 2 atom stereocenters. The number of piperazine rings is 1. The van der Waals surface area contributed by atoms with Crippen LogP contribution in [-0.2, 0) is 0 Å². The van der Waals surface area contributed by atoms with Crippen molar-refractivity contribution >= 4 is 0 Å². The molecule has 0 aromatic carbocycles. The zero-order valence-corrected chi connectivity index (χ0v) is 13.5. The molecule has 3 heteroatoms. The van der Waals surface area contributed by atoms with Crippen LogP contribution in [0.3, 0.4) is 0 Å². The van der Waals surface area contributed by atoms with Crippen molar-refractivity contribution in [2.75, 3.05) is 26.2 Å². The average Bonchev–Trinajstić information content (AvgIpc) is 2.13. The van der Waals surface area contributed by atoms with Crippen molar-refractivity contribution in [2.24, 2.45) is 11.1 Å². The highest BCUT2D eigenvalue weighted by molar-refractivity contribution is 4.92. The Morgan fingerprint density at radius 2 is 1.33 bits per heavy atom. The summed E-state index contributed by atoms with van der Waals surface area (Å²) < 4.78 is 0. The van der Waals surface area contributed by atoms with E-state index in [9.17, 15) is 0 Å². The molecule has 0 amide bonds. The third kappa shape index (κ3) is 3.94. The summed E-state index contributed by atoms with van der Waals surface area (Å²) in [5, 5.41) is 0. The topological polar surface area (TPSA) is 32.5 Å². The Hall–Kier alpha value is -0.120. The second-order valence-electron chi connectivity index (χ2n) is 7.86. The lowest BCUT2D eigenvalue weighted by Crippen LogP contribution is -2.61. The van der Waals surface area contributed by atoms with Crippen LogP contribution in [0.15, 0.2) is 0 Å². The van der Waals surface area contributed by atoms with Crippen molar-refractivity contribution in [2.45, 2.75) is 66.1 Å². The van der Waals surface area contributed by atoms with Crippen LogP contribution in [0.25, 0.3) is 0 Å². The first-order valence-corrected chi connectivity index (χ1v) is 7.28. The van der Waals surface area contributed by atoms with Gasteiger partial charge in [0.05, 0.1) is 0 Å². The van der Waals surface area contributed by atoms with Gasteiger partial charge in [0.1, 0.15) is 0 Å². The van der Waals surface area contributed by atoms with Crippen LogP contribution in [0.4, 0.5) is 0 Å². The Kier molecular flexibility index (Phi) is 4.85. The molecule has 108 valence electrons. The van der Waals surface area contributed by atoms with E-state index in [0.29, 0.717) is 6.04 Å². The van der Waals surface area contributed by atoms with Gasteiger partial charge in [-0.3, -0.25) is 9.80 Å². The Morgan fingerprint density at radius 3 is 1.61 bits per heavy atom. The van der Waals surface area contributed by atoms with E-state index in [-0.39, 0.29) is 17.0 Å². The maximum Gasteiger partial charge on any atom is 0.0293 e. The predicted octanol–water partition coefficient (Wildman–Crippen LogP) is 2.16. The van der Waals surface area contributed by atoms with Gasteiger partial charge in [0.15, 0.2) is 0 Å². The van der Waals surface area contributed by atoms with Crippen LogP contribution >= 0.6 is 0 Å². The molecule has 2 unspecified atom stereocenters. The van der Waals surface area contributed by atoms with Gasteiger partial charge in [-0.25, -0.2) is 0 Å². The Morgan fingerprint density at radius 1 is 0.889 bits per heavy atom. The van der Waals surface area contributed by atoms with E-state index in [2.05, 4.69) is 58.3 Å². The van der Waals surface area contributed by atoms with Crippen molar-refractivity contribution in [3.05, 3.63) is 0 Å². The molecule has 0 spiro atoms. The molecule has 18 heavy (non-hydrogen) atoms. The van der Waals surface area contributed by atoms with Crippen LogP contribution in [0.5, 0.6) is 0 Å². The molecule has 0 bridgehead atoms. The lowest BCUT2D eigenvalue weighted by atomic mass is 9.81. The molecule has 3 nitrogen and oxygen atoms in total. The molecular weight excluding hydrogens is 222 g/mol. The fourth-order valence-electron chi connectivity index (χ4n) is 3.34. The average molecular weight is 255 g/mol. The maximum absolute atomic E-state index is 6.22. The number of nitrogens with zero attached hydrogens (tertiary/aromatic N) is 2. The Balaban J connectivity index is 2.66. The summed E-state index contributed by atoms with van der Waals surface area (Å²) in [7, 11) is 0. The highest BCUT2D eigenvalue weighted by Crippen LogP contribution is 2.28. The smallest absolute Gasteiger partial charge is 0.0293 e. The largest absolute Gasteiger partial charge is 0.327 e. The van der Waals surface area contributed by atoms with Gasteiger partial charge in [0.25, 0.3) is 0 Å². The van der Waals surface area contributed by atoms with Crippen molar-refractivity contribution in [1.82, 2.24) is 9.80 Å². The standard InChI is InChI=1S/C15H33N3/c1-12(16)13(14(2,3)4)17-8-10-18(11-9-17)15(5,6)7/h12-13H,8-11,16H2,1-7H3. The van der Waals surface area contributed by atoms with Gasteiger partial charge in [-0.2, -0.15) is 0 Å². The number of hydrogen-bond acceptors (Lipinski definition) is 3. The van der Waals surface area contributed by atoms with E-state index in [0.717, 1.165) is 26.2 Å². The van der Waals surface area contributed by atoms with Crippen molar-refractivity contribution in [1.29, 1.82) is 0 Å². The van der Waals surface area contributed by atoms with Crippen LogP contribution < -0.4 is 5.73 Å². The summed E-state index contributed by atoms with van der Waals surface area (Å²) in [5.74, 6) is 0. The minimum atomic E-state index is 0.228. The van der Waals surface area contributed by atoms with Gasteiger partial charge in [-0.05, 0) is 33.1 Å². The monoisotopic (exact) mass is 255 g/mol. The summed E-state index contributed by atoms with van der Waals surface area (Å²) in [6, 6.07) is 0.700. The molecule has 1 aliphatic rings. The normalized spacial score (nSPS) is 24.0. The first-order chi connectivity index (χ1) is 8.03. The van der Waals surface area contributed by atoms with Gasteiger partial charge in [-0.1, -0.05) is 20.8 Å². The van der Waals surface area contributed by atoms with E-state index >= 15 is 0 Å². The third-order valence-corrected chi connectivity index (χ3v) is 4.04. The molecule has 1 heterocycles. The molecule has 1 fully saturated rings. The summed E-state index contributed by atoms with van der Waals surface area (Å²) in [5.41, 5.74) is 6.76. The Labute approximate surface area is 114 Å². The zero-order chi connectivity index (χ0) is 14.1. The molecule has 0 radical (unpaired) electrons. The summed E-state index contributed by atoms with van der Waals surface area (Å²) >= 11 is 0. The van der Waals surface area contributed by atoms with Gasteiger partial charge < -0.3 is 5.73 Å². The lowest BCUT2D eigenvalue weighted by molar-refractivity contribution is 0.00562. The molecule has 0 aromatic heterocycles. The first-order valence-electron chi connectivity index (χ1n) is 7.28. The zero-order valence-electron chi connectivity index (χ0n) is 13.5. The van der Waals surface area contributed by atoms with Crippen LogP contribution in [-0.4, -0.2) is 53.6 Å². The molecule has 1 saturated heterocycles. The molecule has 2 N–H and O–H groups in total. The summed E-state index contributed by atoms with van der Waals surface area (Å²) in [4.78, 5) is 5.16. The molecule has 0 aromatic rings. The van der Waals surface area contributed by atoms with Gasteiger partial charge in [-0.15, -0.1) is 0 Å². The van der Waals surface area contributed by atoms with E-state index in [1.54, 1.807) is 0 Å². The molecule has 0 saturated carbocycles. The van der Waals surface area contributed by atoms with E-state index in [4.69, 9.17) is 5.73 Å². The van der Waals surface area contributed by atoms with Crippen LogP contribution in [0.2, 0.25) is 0 Å². The van der Waals surface area contributed by atoms with Gasteiger partial charge in [0, 0.05) is 43.8 Å². The minimum Gasteiger partial charge on any atom is -0.327 e. The third-order valence-electron chi connectivity index (χ3n) is 4.04. The predicted molar refractivity (Wildman–Crippen MR) is 79.8 cm³/mol. The van der Waals surface area contributed by atoms with Crippen LogP contribution in [0.1, 0.15) is 48.5 Å². The molecule has 0 aliphatic carbocycles. The van der Waals surface area contributed by atoms with Gasteiger partial charge >= 0.3 is 0 Å². The quantitative estimate of drug-likeness (QED) is 0.821. The SMILES string of the molecule is CC(N)C(N1CCN(C(C)(C)C)CC1)C(C)(C)C. The fourth-order valence-corrected chi connectivity index (χ4v) is 3.34. The number of nitrogens with two attached hydrogens (primary N) is 1. The second-order valence-corrected chi connectivity index (χ2v) is 7.86. The highest BCUT2D eigenvalue weighted by atomic mass is 15.3. The highest BCUT2D eigenvalue weighted by Gasteiger charge is 2.36. The van der Waals surface area contributed by atoms with E-state index in [1.807, 2.05) is 0 Å². The summed E-state index contributed by atoms with van der Waals surface area (Å²) in [6.45, 7) is 20.5. The van der Waals surface area contributed by atoms with Crippen LogP contribution in [0, 0.1) is 5.41 Å². The summed E-state index contributed by atoms with van der Waals surface area (Å²) in [6.07, 6.45) is 0. The maximum atomic E-state index is 6.22. The molecule has 1 aliphatic heterocycles. The first kappa shape index (κ1) is 15.9. The van der Waals surface area contributed by atoms with E-state index < -0.39 is 0 Å². The van der Waals surface area contributed by atoms with Gasteiger partial charge in [0.2, 0.25) is 0 Å². The lowest BCUT2D eigenvalue weighted by Gasteiger charge is -2.49. The number of hydrogen-bond donors (Lipinski definition) is 1. The second kappa shape index (κ2) is 5.48. The minimum absolute atomic E-state index is 0.228. The van der Waals surface area contributed by atoms with E-state index in [1.165, 1.54) is 0 Å². The fraction of sp³-hybridized carbons (Fsp3) is 1.00.